The number of carbonyl (C=O) groups is 2. The summed E-state index contributed by atoms with van der Waals surface area (Å²) in [6.45, 7) is 21.3. The summed E-state index contributed by atoms with van der Waals surface area (Å²) in [5.41, 5.74) is 3.47. The van der Waals surface area contributed by atoms with Crippen LogP contribution in [0.1, 0.15) is 57.5 Å². The molecule has 0 bridgehead atoms. The van der Waals surface area contributed by atoms with E-state index in [0.29, 0.717) is 79.6 Å². The zero-order valence-corrected chi connectivity index (χ0v) is 31.6. The Morgan fingerprint density at radius 1 is 0.943 bits per heavy atom. The third-order valence-electron chi connectivity index (χ3n) is 7.69. The number of aryl methyl sites for hydroxylation is 1. The molecule has 2 aromatic carbocycles. The number of esters is 1. The molecule has 15 heteroatoms. The number of nitrogens with zero attached hydrogens (tertiary/aromatic N) is 5. The molecule has 1 N–H and O–H groups in total. The van der Waals surface area contributed by atoms with Crippen molar-refractivity contribution in [3.05, 3.63) is 81.0 Å². The van der Waals surface area contributed by atoms with Crippen LogP contribution in [0.2, 0.25) is 0 Å². The highest BCUT2D eigenvalue weighted by atomic mass is 32.1. The first-order valence-corrected chi connectivity index (χ1v) is 18.0. The number of likely N-dealkylation sites (N-methyl/N-ethyl adjacent to an activating group) is 1. The second-order valence-electron chi connectivity index (χ2n) is 11.8. The molecule has 0 amide bonds. The number of carbonyl (C=O) groups excluding carboxylic acids is 1. The molecule has 0 aliphatic carbocycles. The number of azo groups is 1. The predicted molar refractivity (Wildman–Crippen MR) is 200 cm³/mol. The van der Waals surface area contributed by atoms with Crippen molar-refractivity contribution in [3.8, 4) is 6.07 Å². The lowest BCUT2D eigenvalue weighted by molar-refractivity contribution is -0.0535. The molecule has 1 aromatic heterocycles. The Balaban J connectivity index is 1.36. The maximum Gasteiger partial charge on any atom is 0.339 e. The van der Waals surface area contributed by atoms with E-state index in [0.717, 1.165) is 17.8 Å². The molecule has 3 aromatic rings. The molecule has 1 atom stereocenters. The van der Waals surface area contributed by atoms with E-state index >= 15 is 0 Å². The molecular weight excluding hydrogens is 703 g/mol. The van der Waals surface area contributed by atoms with Crippen LogP contribution < -0.4 is 4.90 Å². The van der Waals surface area contributed by atoms with Crippen molar-refractivity contribution in [2.45, 2.75) is 46.8 Å². The van der Waals surface area contributed by atoms with Crippen LogP contribution in [0.15, 0.2) is 52.7 Å². The molecule has 0 aliphatic heterocycles. The lowest BCUT2D eigenvalue weighted by Gasteiger charge is -2.29. The van der Waals surface area contributed by atoms with E-state index in [-0.39, 0.29) is 36.5 Å². The normalized spacial score (nSPS) is 11.8. The monoisotopic (exact) mass is 749 g/mol. The number of hydrogen-bond donors (Lipinski definition) is 1. The van der Waals surface area contributed by atoms with Gasteiger partial charge in [0.1, 0.15) is 17.7 Å². The molecule has 1 heterocycles. The van der Waals surface area contributed by atoms with Crippen molar-refractivity contribution in [1.82, 2.24) is 0 Å². The lowest BCUT2D eigenvalue weighted by Crippen LogP contribution is -2.38. The summed E-state index contributed by atoms with van der Waals surface area (Å²) in [4.78, 5) is 29.6. The fourth-order valence-electron chi connectivity index (χ4n) is 4.89. The molecule has 0 aliphatic rings. The first-order valence-electron chi connectivity index (χ1n) is 17.2. The highest BCUT2D eigenvalue weighted by Gasteiger charge is 2.19. The SMILES string of the molecule is [C-]#[N+]c1c(N=Nc2ccc(N(CC)CC(COC(C)C)OCCOCCOCCOCCOC(=O)c3ccccc3C(=O)O)cc2C)sc(C#N)c1C. The highest BCUT2D eigenvalue weighted by molar-refractivity contribution is 7.17. The summed E-state index contributed by atoms with van der Waals surface area (Å²) in [6, 6.07) is 13.9. The minimum Gasteiger partial charge on any atom is -0.478 e. The van der Waals surface area contributed by atoms with Gasteiger partial charge in [-0.2, -0.15) is 15.5 Å². The smallest absolute Gasteiger partial charge is 0.339 e. The Bertz CT molecular complexity index is 1750. The molecule has 3 rings (SSSR count). The van der Waals surface area contributed by atoms with Crippen LogP contribution in [0.3, 0.4) is 0 Å². The van der Waals surface area contributed by atoms with Crippen LogP contribution in [0.4, 0.5) is 22.1 Å². The van der Waals surface area contributed by atoms with Crippen molar-refractivity contribution in [3.63, 3.8) is 0 Å². The van der Waals surface area contributed by atoms with Crippen LogP contribution in [0.5, 0.6) is 0 Å². The molecule has 0 saturated heterocycles. The molecule has 14 nitrogen and oxygen atoms in total. The highest BCUT2D eigenvalue weighted by Crippen LogP contribution is 2.42. The Labute approximate surface area is 314 Å². The van der Waals surface area contributed by atoms with E-state index in [1.54, 1.807) is 19.1 Å². The number of carboxylic acids is 1. The van der Waals surface area contributed by atoms with E-state index in [4.69, 9.17) is 35.0 Å². The number of carboxylic acid groups (broad SMARTS) is 1. The average Bonchev–Trinajstić information content (AvgIpc) is 3.47. The predicted octanol–water partition coefficient (Wildman–Crippen LogP) is 7.44. The van der Waals surface area contributed by atoms with Gasteiger partial charge in [0.05, 0.1) is 93.3 Å². The van der Waals surface area contributed by atoms with Crippen LogP contribution in [-0.2, 0) is 28.4 Å². The minimum atomic E-state index is -1.20. The number of benzene rings is 2. The number of thiophene rings is 1. The molecule has 53 heavy (non-hydrogen) atoms. The molecule has 284 valence electrons. The maximum atomic E-state index is 12.2. The molecule has 1 unspecified atom stereocenters. The number of nitriles is 1. The van der Waals surface area contributed by atoms with E-state index in [1.165, 1.54) is 23.5 Å². The van der Waals surface area contributed by atoms with Gasteiger partial charge >= 0.3 is 11.9 Å². The van der Waals surface area contributed by atoms with Crippen molar-refractivity contribution in [2.75, 3.05) is 77.5 Å². The van der Waals surface area contributed by atoms with Crippen LogP contribution in [-0.4, -0.2) is 102 Å². The zero-order valence-electron chi connectivity index (χ0n) is 30.8. The Kier molecular flexibility index (Phi) is 18.5. The summed E-state index contributed by atoms with van der Waals surface area (Å²) in [7, 11) is 0. The first-order chi connectivity index (χ1) is 25.6. The van der Waals surface area contributed by atoms with Gasteiger partial charge in [-0.25, -0.2) is 14.4 Å². The average molecular weight is 750 g/mol. The van der Waals surface area contributed by atoms with E-state index < -0.39 is 11.9 Å². The van der Waals surface area contributed by atoms with Crippen LogP contribution in [0, 0.1) is 31.8 Å². The summed E-state index contributed by atoms with van der Waals surface area (Å²) in [5, 5.41) is 27.6. The van der Waals surface area contributed by atoms with E-state index in [9.17, 15) is 20.0 Å². The number of ether oxygens (including phenoxy) is 6. The van der Waals surface area contributed by atoms with Gasteiger partial charge in [-0.3, -0.25) is 0 Å². The van der Waals surface area contributed by atoms with Gasteiger partial charge in [-0.15, -0.1) is 11.3 Å². The number of anilines is 1. The Hall–Kier alpha value is -4.74. The Morgan fingerprint density at radius 2 is 1.58 bits per heavy atom. The van der Waals surface area contributed by atoms with Crippen molar-refractivity contribution < 1.29 is 43.1 Å². The van der Waals surface area contributed by atoms with Crippen molar-refractivity contribution in [1.29, 1.82) is 5.26 Å². The fourth-order valence-corrected chi connectivity index (χ4v) is 5.76. The zero-order chi connectivity index (χ0) is 38.6. The van der Waals surface area contributed by atoms with Gasteiger partial charge < -0.3 is 38.4 Å². The summed E-state index contributed by atoms with van der Waals surface area (Å²) < 4.78 is 33.8. The number of rotatable bonds is 24. The summed E-state index contributed by atoms with van der Waals surface area (Å²) >= 11 is 1.17. The van der Waals surface area contributed by atoms with Crippen LogP contribution >= 0.6 is 11.3 Å². The number of aromatic carboxylic acids is 1. The van der Waals surface area contributed by atoms with Gasteiger partial charge in [-0.1, -0.05) is 12.1 Å². The maximum absolute atomic E-state index is 12.2. The summed E-state index contributed by atoms with van der Waals surface area (Å²) in [6.07, 6.45) is -0.153. The first kappa shape index (κ1) is 42.7. The van der Waals surface area contributed by atoms with E-state index in [1.807, 2.05) is 39.0 Å². The second kappa shape index (κ2) is 23.0. The largest absolute Gasteiger partial charge is 0.478 e. The van der Waals surface area contributed by atoms with Gasteiger partial charge in [0.25, 0.3) is 0 Å². The van der Waals surface area contributed by atoms with Gasteiger partial charge in [0.2, 0.25) is 5.69 Å². The van der Waals surface area contributed by atoms with Crippen LogP contribution in [0.25, 0.3) is 4.85 Å². The summed E-state index contributed by atoms with van der Waals surface area (Å²) in [5.74, 6) is -1.91. The standard InChI is InChI=1S/C38H47N5O9S/c1-7-43(29-12-13-33(27(4)22-29)41-42-36-35(40-6)28(5)34(23-39)53-36)24-30(25-52-26(2)3)50-20-18-48-16-14-47-15-17-49-19-21-51-38(46)32-11-9-8-10-31(32)37(44)45/h8-13,22,26,30H,7,14-21,24-25H2,1-5H3,(H,44,45). The third-order valence-corrected chi connectivity index (χ3v) is 8.76. The van der Waals surface area contributed by atoms with Gasteiger partial charge in [0, 0.05) is 18.8 Å². The minimum absolute atomic E-state index is 0.00477. The van der Waals surface area contributed by atoms with Crippen molar-refractivity contribution in [2.24, 2.45) is 10.2 Å². The molecule has 0 fully saturated rings. The quantitative estimate of drug-likeness (QED) is 0.0419. The fraction of sp³-hybridized carbons (Fsp3) is 0.474. The van der Waals surface area contributed by atoms with Gasteiger partial charge in [-0.05, 0) is 76.1 Å². The van der Waals surface area contributed by atoms with E-state index in [2.05, 4.69) is 33.0 Å². The third kappa shape index (κ3) is 14.0. The second-order valence-corrected chi connectivity index (χ2v) is 12.8. The Morgan fingerprint density at radius 3 is 2.17 bits per heavy atom. The molecular formula is C38H47N5O9S. The number of hydrogen-bond acceptors (Lipinski definition) is 13. The van der Waals surface area contributed by atoms with Gasteiger partial charge in [0.15, 0.2) is 0 Å². The van der Waals surface area contributed by atoms with Crippen molar-refractivity contribution >= 4 is 45.3 Å². The topological polar surface area (TPSA) is 166 Å². The molecule has 0 spiro atoms. The molecule has 0 saturated carbocycles. The lowest BCUT2D eigenvalue weighted by atomic mass is 10.1. The molecule has 0 radical (unpaired) electrons.